The maximum Gasteiger partial charge on any atom is 0.119 e. The van der Waals surface area contributed by atoms with E-state index in [0.29, 0.717) is 11.5 Å². The predicted molar refractivity (Wildman–Crippen MR) is 93.9 cm³/mol. The third kappa shape index (κ3) is 2.41. The van der Waals surface area contributed by atoms with Gasteiger partial charge in [-0.3, -0.25) is 0 Å². The highest BCUT2D eigenvalue weighted by molar-refractivity contribution is 5.47. The van der Waals surface area contributed by atoms with Crippen LogP contribution in [0.3, 0.4) is 0 Å². The minimum Gasteiger partial charge on any atom is -0.508 e. The molecule has 0 heterocycles. The molecule has 0 amide bonds. The fourth-order valence-corrected chi connectivity index (χ4v) is 4.48. The molecule has 0 spiro atoms. The summed E-state index contributed by atoms with van der Waals surface area (Å²) in [6, 6.07) is 15.3. The van der Waals surface area contributed by atoms with E-state index in [-0.39, 0.29) is 16.7 Å². The second kappa shape index (κ2) is 5.59. The van der Waals surface area contributed by atoms with Crippen molar-refractivity contribution in [2.75, 3.05) is 0 Å². The largest absolute Gasteiger partial charge is 0.508 e. The first-order valence-electron chi connectivity index (χ1n) is 8.44. The second-order valence-corrected chi connectivity index (χ2v) is 7.61. The average Bonchev–Trinajstić information content (AvgIpc) is 2.51. The number of para-hydroxylation sites is 2. The van der Waals surface area contributed by atoms with E-state index in [1.807, 2.05) is 36.4 Å². The topological polar surface area (TPSA) is 40.5 Å². The van der Waals surface area contributed by atoms with Gasteiger partial charge in [-0.25, -0.2) is 0 Å². The first kappa shape index (κ1) is 15.9. The van der Waals surface area contributed by atoms with Crippen molar-refractivity contribution in [2.24, 2.45) is 5.41 Å². The quantitative estimate of drug-likeness (QED) is 0.785. The van der Waals surface area contributed by atoms with Crippen LogP contribution in [0.25, 0.3) is 0 Å². The van der Waals surface area contributed by atoms with Crippen molar-refractivity contribution in [2.45, 2.75) is 51.4 Å². The fourth-order valence-electron chi connectivity index (χ4n) is 4.48. The fraction of sp³-hybridized carbons (Fsp3) is 0.429. The van der Waals surface area contributed by atoms with E-state index in [0.717, 1.165) is 30.4 Å². The molecule has 122 valence electrons. The zero-order valence-corrected chi connectivity index (χ0v) is 14.2. The Bertz CT molecular complexity index is 704. The van der Waals surface area contributed by atoms with Crippen LogP contribution in [0.5, 0.6) is 11.5 Å². The summed E-state index contributed by atoms with van der Waals surface area (Å²) in [4.78, 5) is 0. The molecule has 0 aliphatic heterocycles. The Morgan fingerprint density at radius 1 is 0.870 bits per heavy atom. The summed E-state index contributed by atoms with van der Waals surface area (Å²) in [6.07, 6.45) is 3.27. The Morgan fingerprint density at radius 3 is 2.13 bits per heavy atom. The molecule has 2 aromatic rings. The standard InChI is InChI=1S/C21H26O2/c1-20(2)14-8-11-16(15-9-4-6-12-18(15)22)21(20,3)17-10-5-7-13-19(17)23/h4-7,9-10,12-13,16,22-23H,8,11,14H2,1-3H3. The number of aromatic hydroxyl groups is 2. The molecule has 1 aliphatic rings. The third-order valence-electron chi connectivity index (χ3n) is 6.17. The molecule has 2 nitrogen and oxygen atoms in total. The second-order valence-electron chi connectivity index (χ2n) is 7.61. The van der Waals surface area contributed by atoms with E-state index >= 15 is 0 Å². The summed E-state index contributed by atoms with van der Waals surface area (Å²) in [7, 11) is 0. The predicted octanol–water partition coefficient (Wildman–Crippen LogP) is 5.35. The van der Waals surface area contributed by atoms with Gasteiger partial charge < -0.3 is 10.2 Å². The van der Waals surface area contributed by atoms with E-state index in [1.165, 1.54) is 0 Å². The minimum atomic E-state index is -0.241. The molecule has 2 aromatic carbocycles. The van der Waals surface area contributed by atoms with E-state index in [4.69, 9.17) is 0 Å². The molecule has 2 unspecified atom stereocenters. The van der Waals surface area contributed by atoms with Crippen LogP contribution in [-0.2, 0) is 5.41 Å². The number of phenols is 2. The summed E-state index contributed by atoms with van der Waals surface area (Å²) >= 11 is 0. The normalized spacial score (nSPS) is 26.8. The molecule has 2 atom stereocenters. The zero-order chi connectivity index (χ0) is 16.7. The Kier molecular flexibility index (Phi) is 3.87. The molecule has 2 heteroatoms. The first-order chi connectivity index (χ1) is 10.9. The number of rotatable bonds is 2. The van der Waals surface area contributed by atoms with Crippen molar-refractivity contribution in [1.82, 2.24) is 0 Å². The molecule has 1 saturated carbocycles. The van der Waals surface area contributed by atoms with Gasteiger partial charge in [0, 0.05) is 11.0 Å². The maximum atomic E-state index is 10.5. The highest BCUT2D eigenvalue weighted by Crippen LogP contribution is 2.60. The van der Waals surface area contributed by atoms with E-state index in [2.05, 4.69) is 20.8 Å². The Hall–Kier alpha value is -1.96. The van der Waals surface area contributed by atoms with Gasteiger partial charge in [-0.05, 0) is 41.9 Å². The van der Waals surface area contributed by atoms with Gasteiger partial charge in [-0.1, -0.05) is 63.6 Å². The molecule has 1 aliphatic carbocycles. The highest BCUT2D eigenvalue weighted by Gasteiger charge is 2.52. The number of phenolic OH excluding ortho intramolecular Hbond substituents is 2. The Balaban J connectivity index is 2.22. The Morgan fingerprint density at radius 2 is 1.48 bits per heavy atom. The lowest BCUT2D eigenvalue weighted by Crippen LogP contribution is -2.47. The molecule has 0 radical (unpaired) electrons. The van der Waals surface area contributed by atoms with Gasteiger partial charge in [-0.15, -0.1) is 0 Å². The van der Waals surface area contributed by atoms with Gasteiger partial charge >= 0.3 is 0 Å². The van der Waals surface area contributed by atoms with Gasteiger partial charge in [0.15, 0.2) is 0 Å². The lowest BCUT2D eigenvalue weighted by atomic mass is 9.50. The molecular weight excluding hydrogens is 284 g/mol. The Labute approximate surface area is 138 Å². The van der Waals surface area contributed by atoms with Crippen LogP contribution in [0.15, 0.2) is 48.5 Å². The van der Waals surface area contributed by atoms with Crippen molar-refractivity contribution < 1.29 is 10.2 Å². The number of benzene rings is 2. The third-order valence-corrected chi connectivity index (χ3v) is 6.17. The molecule has 0 saturated heterocycles. The van der Waals surface area contributed by atoms with Crippen LogP contribution in [0.2, 0.25) is 0 Å². The van der Waals surface area contributed by atoms with Crippen LogP contribution < -0.4 is 0 Å². The number of hydrogen-bond acceptors (Lipinski definition) is 2. The summed E-state index contributed by atoms with van der Waals surface area (Å²) in [5.74, 6) is 0.892. The molecule has 1 fully saturated rings. The molecule has 0 bridgehead atoms. The first-order valence-corrected chi connectivity index (χ1v) is 8.44. The molecule has 2 N–H and O–H groups in total. The molecule has 3 rings (SSSR count). The van der Waals surface area contributed by atoms with Crippen LogP contribution >= 0.6 is 0 Å². The van der Waals surface area contributed by atoms with Gasteiger partial charge in [0.2, 0.25) is 0 Å². The molecular formula is C21H26O2. The lowest BCUT2D eigenvalue weighted by Gasteiger charge is -2.54. The van der Waals surface area contributed by atoms with Crippen LogP contribution in [-0.4, -0.2) is 10.2 Å². The monoisotopic (exact) mass is 310 g/mol. The minimum absolute atomic E-state index is 0.0248. The highest BCUT2D eigenvalue weighted by atomic mass is 16.3. The van der Waals surface area contributed by atoms with Crippen LogP contribution in [0.4, 0.5) is 0 Å². The lowest BCUT2D eigenvalue weighted by molar-refractivity contribution is 0.0805. The van der Waals surface area contributed by atoms with Crippen molar-refractivity contribution in [3.05, 3.63) is 59.7 Å². The van der Waals surface area contributed by atoms with Crippen molar-refractivity contribution in [3.63, 3.8) is 0 Å². The van der Waals surface area contributed by atoms with Gasteiger partial charge in [-0.2, -0.15) is 0 Å². The van der Waals surface area contributed by atoms with Crippen LogP contribution in [0.1, 0.15) is 57.1 Å². The van der Waals surface area contributed by atoms with Crippen molar-refractivity contribution in [1.29, 1.82) is 0 Å². The van der Waals surface area contributed by atoms with Crippen molar-refractivity contribution in [3.8, 4) is 11.5 Å². The van der Waals surface area contributed by atoms with Gasteiger partial charge in [0.05, 0.1) is 0 Å². The van der Waals surface area contributed by atoms with E-state index < -0.39 is 0 Å². The smallest absolute Gasteiger partial charge is 0.119 e. The summed E-state index contributed by atoms with van der Waals surface area (Å²) in [5, 5.41) is 21.0. The van der Waals surface area contributed by atoms with Crippen molar-refractivity contribution >= 4 is 0 Å². The SMILES string of the molecule is CC1(C)CCCC(c2ccccc2O)C1(C)c1ccccc1O. The summed E-state index contributed by atoms with van der Waals surface area (Å²) in [5.41, 5.74) is 1.76. The summed E-state index contributed by atoms with van der Waals surface area (Å²) < 4.78 is 0. The zero-order valence-electron chi connectivity index (χ0n) is 14.2. The van der Waals surface area contributed by atoms with E-state index in [1.54, 1.807) is 12.1 Å². The number of hydrogen-bond donors (Lipinski definition) is 2. The average molecular weight is 310 g/mol. The van der Waals surface area contributed by atoms with Gasteiger partial charge in [0.1, 0.15) is 11.5 Å². The molecule has 0 aromatic heterocycles. The summed E-state index contributed by atoms with van der Waals surface area (Å²) in [6.45, 7) is 6.81. The molecule has 23 heavy (non-hydrogen) atoms. The van der Waals surface area contributed by atoms with Crippen LogP contribution in [0, 0.1) is 5.41 Å². The van der Waals surface area contributed by atoms with Gasteiger partial charge in [0.25, 0.3) is 0 Å². The van der Waals surface area contributed by atoms with E-state index in [9.17, 15) is 10.2 Å². The maximum absolute atomic E-state index is 10.5.